The fraction of sp³-hybridized carbons (Fsp3) is 1.00. The third kappa shape index (κ3) is 3.74. The van der Waals surface area contributed by atoms with Crippen molar-refractivity contribution in [1.82, 2.24) is 10.2 Å². The van der Waals surface area contributed by atoms with Crippen LogP contribution in [0.2, 0.25) is 0 Å². The van der Waals surface area contributed by atoms with Crippen LogP contribution >= 0.6 is 0 Å². The molecule has 3 unspecified atom stereocenters. The quantitative estimate of drug-likeness (QED) is 0.750. The average molecular weight is 214 g/mol. The van der Waals surface area contributed by atoms with Crippen LogP contribution in [-0.2, 0) is 4.74 Å². The third-order valence-corrected chi connectivity index (χ3v) is 3.38. The molecule has 0 aromatic heterocycles. The molecule has 3 atom stereocenters. The van der Waals surface area contributed by atoms with E-state index in [1.807, 2.05) is 0 Å². The first-order valence-corrected chi connectivity index (χ1v) is 6.23. The van der Waals surface area contributed by atoms with Crippen molar-refractivity contribution in [3.05, 3.63) is 0 Å². The van der Waals surface area contributed by atoms with Crippen LogP contribution in [0.25, 0.3) is 0 Å². The third-order valence-electron chi connectivity index (χ3n) is 3.38. The second-order valence-corrected chi connectivity index (χ2v) is 4.65. The Labute approximate surface area is 94.2 Å². The van der Waals surface area contributed by atoms with Crippen LogP contribution in [0.5, 0.6) is 0 Å². The van der Waals surface area contributed by atoms with Gasteiger partial charge in [-0.1, -0.05) is 6.92 Å². The lowest BCUT2D eigenvalue weighted by atomic mass is 10.1. The molecule has 1 aliphatic heterocycles. The lowest BCUT2D eigenvalue weighted by molar-refractivity contribution is -0.0243. The molecule has 1 rings (SSSR count). The van der Waals surface area contributed by atoms with E-state index < -0.39 is 0 Å². The monoisotopic (exact) mass is 214 g/mol. The summed E-state index contributed by atoms with van der Waals surface area (Å²) in [5.41, 5.74) is 0. The van der Waals surface area contributed by atoms with Crippen LogP contribution < -0.4 is 5.32 Å². The maximum absolute atomic E-state index is 5.46. The molecule has 3 nitrogen and oxygen atoms in total. The minimum Gasteiger partial charge on any atom is -0.379 e. The molecular formula is C12H26N2O. The standard InChI is InChI=1S/C12H26N2O/c1-5-6-13-11(3)12(4)14-7-8-15-9-10(14)2/h10-13H,5-9H2,1-4H3. The molecular weight excluding hydrogens is 188 g/mol. The molecule has 0 saturated carbocycles. The number of nitrogens with zero attached hydrogens (tertiary/aromatic N) is 1. The summed E-state index contributed by atoms with van der Waals surface area (Å²) in [6.45, 7) is 13.0. The van der Waals surface area contributed by atoms with E-state index in [1.165, 1.54) is 6.42 Å². The molecule has 1 aliphatic rings. The Kier molecular flexibility index (Phi) is 5.58. The number of hydrogen-bond donors (Lipinski definition) is 1. The topological polar surface area (TPSA) is 24.5 Å². The molecule has 0 aromatic carbocycles. The van der Waals surface area contributed by atoms with Crippen LogP contribution in [0.4, 0.5) is 0 Å². The fourth-order valence-corrected chi connectivity index (χ4v) is 2.17. The zero-order chi connectivity index (χ0) is 11.3. The Bertz CT molecular complexity index is 175. The largest absolute Gasteiger partial charge is 0.379 e. The summed E-state index contributed by atoms with van der Waals surface area (Å²) in [4.78, 5) is 2.55. The second kappa shape index (κ2) is 6.46. The van der Waals surface area contributed by atoms with Gasteiger partial charge in [-0.05, 0) is 33.7 Å². The van der Waals surface area contributed by atoms with Crippen molar-refractivity contribution in [2.24, 2.45) is 0 Å². The van der Waals surface area contributed by atoms with E-state index in [2.05, 4.69) is 37.9 Å². The molecule has 0 spiro atoms. The summed E-state index contributed by atoms with van der Waals surface area (Å²) in [5.74, 6) is 0. The van der Waals surface area contributed by atoms with Crippen LogP contribution in [0.3, 0.4) is 0 Å². The van der Waals surface area contributed by atoms with Crippen molar-refractivity contribution in [3.63, 3.8) is 0 Å². The number of hydrogen-bond acceptors (Lipinski definition) is 3. The maximum Gasteiger partial charge on any atom is 0.0619 e. The van der Waals surface area contributed by atoms with Gasteiger partial charge in [0.1, 0.15) is 0 Å². The van der Waals surface area contributed by atoms with Crippen LogP contribution in [0, 0.1) is 0 Å². The molecule has 15 heavy (non-hydrogen) atoms. The summed E-state index contributed by atoms with van der Waals surface area (Å²) < 4.78 is 5.46. The van der Waals surface area contributed by atoms with Crippen molar-refractivity contribution >= 4 is 0 Å². The van der Waals surface area contributed by atoms with E-state index in [0.29, 0.717) is 18.1 Å². The van der Waals surface area contributed by atoms with Crippen LogP contribution in [-0.4, -0.2) is 49.3 Å². The van der Waals surface area contributed by atoms with Gasteiger partial charge < -0.3 is 10.1 Å². The number of nitrogens with one attached hydrogen (secondary N) is 1. The average Bonchev–Trinajstić information content (AvgIpc) is 2.25. The Balaban J connectivity index is 2.39. The van der Waals surface area contributed by atoms with Crippen LogP contribution in [0.15, 0.2) is 0 Å². The normalized spacial score (nSPS) is 27.6. The molecule has 0 amide bonds. The predicted octanol–water partition coefficient (Wildman–Crippen LogP) is 1.48. The highest BCUT2D eigenvalue weighted by Crippen LogP contribution is 2.13. The van der Waals surface area contributed by atoms with Gasteiger partial charge in [0.25, 0.3) is 0 Å². The first kappa shape index (κ1) is 12.9. The van der Waals surface area contributed by atoms with Gasteiger partial charge >= 0.3 is 0 Å². The maximum atomic E-state index is 5.46. The van der Waals surface area contributed by atoms with E-state index in [4.69, 9.17) is 4.74 Å². The van der Waals surface area contributed by atoms with E-state index in [0.717, 1.165) is 26.3 Å². The highest BCUT2D eigenvalue weighted by molar-refractivity contribution is 4.83. The fourth-order valence-electron chi connectivity index (χ4n) is 2.17. The second-order valence-electron chi connectivity index (χ2n) is 4.65. The van der Waals surface area contributed by atoms with Gasteiger partial charge in [-0.15, -0.1) is 0 Å². The Morgan fingerprint density at radius 3 is 2.80 bits per heavy atom. The zero-order valence-electron chi connectivity index (χ0n) is 10.6. The first-order chi connectivity index (χ1) is 7.16. The highest BCUT2D eigenvalue weighted by atomic mass is 16.5. The minimum absolute atomic E-state index is 0.555. The highest BCUT2D eigenvalue weighted by Gasteiger charge is 2.26. The van der Waals surface area contributed by atoms with Gasteiger partial charge in [0, 0.05) is 24.7 Å². The molecule has 0 bridgehead atoms. The minimum atomic E-state index is 0.555. The predicted molar refractivity (Wildman–Crippen MR) is 64.2 cm³/mol. The van der Waals surface area contributed by atoms with E-state index in [9.17, 15) is 0 Å². The smallest absolute Gasteiger partial charge is 0.0619 e. The van der Waals surface area contributed by atoms with Crippen molar-refractivity contribution in [1.29, 1.82) is 0 Å². The van der Waals surface area contributed by atoms with Gasteiger partial charge in [-0.25, -0.2) is 0 Å². The van der Waals surface area contributed by atoms with Gasteiger partial charge in [0.2, 0.25) is 0 Å². The van der Waals surface area contributed by atoms with Crippen LogP contribution in [0.1, 0.15) is 34.1 Å². The Morgan fingerprint density at radius 1 is 1.47 bits per heavy atom. The molecule has 90 valence electrons. The summed E-state index contributed by atoms with van der Waals surface area (Å²) in [6.07, 6.45) is 1.20. The number of morpholine rings is 1. The molecule has 1 heterocycles. The molecule has 0 aliphatic carbocycles. The van der Waals surface area contributed by atoms with Crippen molar-refractivity contribution < 1.29 is 4.74 Å². The Morgan fingerprint density at radius 2 is 2.20 bits per heavy atom. The summed E-state index contributed by atoms with van der Waals surface area (Å²) in [7, 11) is 0. The lowest BCUT2D eigenvalue weighted by Gasteiger charge is -2.40. The molecule has 0 radical (unpaired) electrons. The van der Waals surface area contributed by atoms with E-state index in [-0.39, 0.29) is 0 Å². The first-order valence-electron chi connectivity index (χ1n) is 6.23. The summed E-state index contributed by atoms with van der Waals surface area (Å²) in [6, 6.07) is 1.71. The Hall–Kier alpha value is -0.120. The zero-order valence-corrected chi connectivity index (χ0v) is 10.6. The van der Waals surface area contributed by atoms with Gasteiger partial charge in [0.15, 0.2) is 0 Å². The van der Waals surface area contributed by atoms with E-state index in [1.54, 1.807) is 0 Å². The molecule has 1 saturated heterocycles. The summed E-state index contributed by atoms with van der Waals surface area (Å²) in [5, 5.41) is 3.57. The van der Waals surface area contributed by atoms with Crippen molar-refractivity contribution in [2.75, 3.05) is 26.3 Å². The molecule has 3 heteroatoms. The van der Waals surface area contributed by atoms with Gasteiger partial charge in [0.05, 0.1) is 13.2 Å². The number of rotatable bonds is 5. The van der Waals surface area contributed by atoms with Crippen molar-refractivity contribution in [2.45, 2.75) is 52.2 Å². The lowest BCUT2D eigenvalue weighted by Crippen LogP contribution is -2.54. The SMILES string of the molecule is CCCNC(C)C(C)N1CCOCC1C. The number of ether oxygens (including phenoxy) is 1. The van der Waals surface area contributed by atoms with E-state index >= 15 is 0 Å². The molecule has 1 fully saturated rings. The van der Waals surface area contributed by atoms with Gasteiger partial charge in [-0.3, -0.25) is 4.90 Å². The molecule has 1 N–H and O–H groups in total. The molecule has 0 aromatic rings. The summed E-state index contributed by atoms with van der Waals surface area (Å²) >= 11 is 0. The van der Waals surface area contributed by atoms with Gasteiger partial charge in [-0.2, -0.15) is 0 Å². The van der Waals surface area contributed by atoms with Crippen molar-refractivity contribution in [3.8, 4) is 0 Å².